The number of carbonyl (C=O) groups excluding carboxylic acids is 2. The second-order valence-corrected chi connectivity index (χ2v) is 9.41. The Morgan fingerprint density at radius 2 is 1.62 bits per heavy atom. The Morgan fingerprint density at radius 3 is 2.26 bits per heavy atom. The van der Waals surface area contributed by atoms with Crippen LogP contribution in [-0.4, -0.2) is 64.4 Å². The lowest BCUT2D eigenvalue weighted by Crippen LogP contribution is -2.43. The number of hydrogen-bond acceptors (Lipinski definition) is 5. The molecule has 2 fully saturated rings. The minimum atomic E-state index is -1.10. The van der Waals surface area contributed by atoms with Crippen LogP contribution in [-0.2, 0) is 14.3 Å². The van der Waals surface area contributed by atoms with Gasteiger partial charge in [-0.3, -0.25) is 4.79 Å². The number of aliphatic carboxylic acids is 1. The van der Waals surface area contributed by atoms with E-state index in [4.69, 9.17) is 4.74 Å². The van der Waals surface area contributed by atoms with Gasteiger partial charge in [-0.2, -0.15) is 0 Å². The van der Waals surface area contributed by atoms with Crippen LogP contribution >= 0.6 is 0 Å². The molecule has 5 rings (SSSR count). The van der Waals surface area contributed by atoms with Crippen molar-refractivity contribution >= 4 is 18.0 Å². The molecule has 2 aromatic rings. The topological polar surface area (TPSA) is 116 Å². The van der Waals surface area contributed by atoms with Gasteiger partial charge in [-0.05, 0) is 41.5 Å². The van der Waals surface area contributed by atoms with E-state index in [0.29, 0.717) is 19.3 Å². The summed E-state index contributed by atoms with van der Waals surface area (Å²) in [6.45, 7) is 0.262. The van der Waals surface area contributed by atoms with E-state index in [1.807, 2.05) is 24.3 Å². The number of nitrogens with one attached hydrogen (secondary N) is 1. The van der Waals surface area contributed by atoms with Gasteiger partial charge in [0, 0.05) is 30.8 Å². The Balaban J connectivity index is 1.16. The Hall–Kier alpha value is -3.39. The summed E-state index contributed by atoms with van der Waals surface area (Å²) in [6, 6.07) is 15.1. The van der Waals surface area contributed by atoms with E-state index in [2.05, 4.69) is 29.6 Å². The molecule has 3 N–H and O–H groups in total. The first-order chi connectivity index (χ1) is 16.4. The molecule has 3 aliphatic rings. The quantitative estimate of drug-likeness (QED) is 0.627. The lowest BCUT2D eigenvalue weighted by Gasteiger charge is -2.24. The number of ether oxygens (including phenoxy) is 1. The normalized spacial score (nSPS) is 25.6. The second-order valence-electron chi connectivity index (χ2n) is 9.41. The van der Waals surface area contributed by atoms with E-state index < -0.39 is 24.2 Å². The lowest BCUT2D eigenvalue weighted by molar-refractivity contribution is -0.149. The Kier molecular flexibility index (Phi) is 6.00. The first-order valence-corrected chi connectivity index (χ1v) is 11.7. The zero-order valence-corrected chi connectivity index (χ0v) is 18.7. The highest BCUT2D eigenvalue weighted by molar-refractivity contribution is 5.86. The number of alkyl carbamates (subject to hydrolysis) is 1. The molecule has 0 spiro atoms. The molecule has 1 saturated heterocycles. The summed E-state index contributed by atoms with van der Waals surface area (Å²) in [5.41, 5.74) is 4.61. The highest BCUT2D eigenvalue weighted by atomic mass is 16.5. The number of fused-ring (bicyclic) bond motifs is 3. The minimum absolute atomic E-state index is 0.0226. The highest BCUT2D eigenvalue weighted by Gasteiger charge is 2.43. The largest absolute Gasteiger partial charge is 0.480 e. The van der Waals surface area contributed by atoms with Gasteiger partial charge in [-0.1, -0.05) is 48.5 Å². The van der Waals surface area contributed by atoms with Crippen molar-refractivity contribution in [2.24, 2.45) is 5.92 Å². The molecule has 1 heterocycles. The summed E-state index contributed by atoms with van der Waals surface area (Å²) in [7, 11) is 0. The fraction of sp³-hybridized carbons (Fsp3) is 0.423. The molecule has 1 saturated carbocycles. The summed E-state index contributed by atoms with van der Waals surface area (Å²) >= 11 is 0. The maximum atomic E-state index is 12.9. The number of nitrogens with zero attached hydrogens (tertiary/aromatic N) is 1. The molecule has 178 valence electrons. The molecular formula is C26H28N2O6. The number of aliphatic hydroxyl groups excluding tert-OH is 1. The number of hydrogen-bond donors (Lipinski definition) is 3. The van der Waals surface area contributed by atoms with E-state index >= 15 is 0 Å². The van der Waals surface area contributed by atoms with Crippen LogP contribution in [0.5, 0.6) is 0 Å². The van der Waals surface area contributed by atoms with Crippen molar-refractivity contribution in [1.82, 2.24) is 10.2 Å². The number of rotatable bonds is 5. The Bertz CT molecular complexity index is 1070. The Labute approximate surface area is 197 Å². The van der Waals surface area contributed by atoms with Crippen molar-refractivity contribution in [3.05, 3.63) is 59.7 Å². The summed E-state index contributed by atoms with van der Waals surface area (Å²) in [5.74, 6) is -1.76. The summed E-state index contributed by atoms with van der Waals surface area (Å²) in [5, 5.41) is 22.1. The van der Waals surface area contributed by atoms with E-state index in [1.165, 1.54) is 4.90 Å². The minimum Gasteiger partial charge on any atom is -0.480 e. The third kappa shape index (κ3) is 4.14. The molecule has 0 bridgehead atoms. The number of β-amino-alcohol motifs (C(OH)–C–C–N with tert-alkyl or cyclic N) is 1. The van der Waals surface area contributed by atoms with Crippen LogP contribution in [0.25, 0.3) is 11.1 Å². The summed E-state index contributed by atoms with van der Waals surface area (Å²) in [4.78, 5) is 38.2. The maximum absolute atomic E-state index is 12.9. The smallest absolute Gasteiger partial charge is 0.407 e. The van der Waals surface area contributed by atoms with Gasteiger partial charge < -0.3 is 25.2 Å². The van der Waals surface area contributed by atoms with Gasteiger partial charge >= 0.3 is 12.1 Å². The Morgan fingerprint density at radius 1 is 0.971 bits per heavy atom. The number of carbonyl (C=O) groups is 3. The molecule has 0 aromatic heterocycles. The molecule has 0 radical (unpaired) electrons. The molecular weight excluding hydrogens is 436 g/mol. The molecule has 34 heavy (non-hydrogen) atoms. The third-order valence-corrected chi connectivity index (χ3v) is 7.29. The van der Waals surface area contributed by atoms with Crippen LogP contribution in [0.1, 0.15) is 42.7 Å². The number of amides is 2. The van der Waals surface area contributed by atoms with Gasteiger partial charge in [0.2, 0.25) is 5.91 Å². The van der Waals surface area contributed by atoms with Gasteiger partial charge in [0.15, 0.2) is 0 Å². The van der Waals surface area contributed by atoms with Crippen LogP contribution in [0.3, 0.4) is 0 Å². The average Bonchev–Trinajstić information content (AvgIpc) is 3.53. The van der Waals surface area contributed by atoms with Gasteiger partial charge in [0.1, 0.15) is 12.6 Å². The van der Waals surface area contributed by atoms with Crippen molar-refractivity contribution in [3.63, 3.8) is 0 Å². The number of carboxylic acids is 1. The van der Waals surface area contributed by atoms with Crippen molar-refractivity contribution in [2.75, 3.05) is 13.2 Å². The van der Waals surface area contributed by atoms with E-state index in [9.17, 15) is 24.6 Å². The highest BCUT2D eigenvalue weighted by Crippen LogP contribution is 2.44. The van der Waals surface area contributed by atoms with Gasteiger partial charge in [0.25, 0.3) is 0 Å². The van der Waals surface area contributed by atoms with Crippen molar-refractivity contribution in [1.29, 1.82) is 0 Å². The third-order valence-electron chi connectivity index (χ3n) is 7.29. The van der Waals surface area contributed by atoms with Crippen LogP contribution in [0.15, 0.2) is 48.5 Å². The predicted molar refractivity (Wildman–Crippen MR) is 123 cm³/mol. The maximum Gasteiger partial charge on any atom is 0.407 e. The molecule has 2 amide bonds. The van der Waals surface area contributed by atoms with Crippen molar-refractivity contribution in [3.8, 4) is 11.1 Å². The molecule has 1 aliphatic heterocycles. The summed E-state index contributed by atoms with van der Waals surface area (Å²) < 4.78 is 5.60. The van der Waals surface area contributed by atoms with Crippen molar-refractivity contribution < 1.29 is 29.3 Å². The molecule has 4 atom stereocenters. The first-order valence-electron chi connectivity index (χ1n) is 11.7. The van der Waals surface area contributed by atoms with E-state index in [0.717, 1.165) is 22.3 Å². The number of aliphatic hydroxyl groups is 1. The van der Waals surface area contributed by atoms with Gasteiger partial charge in [0.05, 0.1) is 6.10 Å². The first kappa shape index (κ1) is 22.4. The second kappa shape index (κ2) is 9.10. The van der Waals surface area contributed by atoms with Crippen LogP contribution in [0.2, 0.25) is 0 Å². The van der Waals surface area contributed by atoms with Crippen LogP contribution < -0.4 is 5.32 Å². The SMILES string of the molecule is O=C(NC1CCC(C(=O)N2C[C@H](O)C[C@H]2C(=O)O)C1)OCC1c2ccccc2-c2ccccc21. The zero-order chi connectivity index (χ0) is 23.8. The van der Waals surface area contributed by atoms with Gasteiger partial charge in [-0.15, -0.1) is 0 Å². The zero-order valence-electron chi connectivity index (χ0n) is 18.7. The number of carboxylic acid groups (broad SMARTS) is 1. The molecule has 2 aromatic carbocycles. The molecule has 8 nitrogen and oxygen atoms in total. The van der Waals surface area contributed by atoms with E-state index in [-0.39, 0.29) is 43.4 Å². The molecule has 8 heteroatoms. The molecule has 2 unspecified atom stereocenters. The number of likely N-dealkylation sites (tertiary alicyclic amines) is 1. The number of benzene rings is 2. The van der Waals surface area contributed by atoms with Crippen molar-refractivity contribution in [2.45, 2.75) is 49.8 Å². The fourth-order valence-corrected chi connectivity index (χ4v) is 5.67. The van der Waals surface area contributed by atoms with Crippen LogP contribution in [0, 0.1) is 5.92 Å². The van der Waals surface area contributed by atoms with E-state index in [1.54, 1.807) is 0 Å². The fourth-order valence-electron chi connectivity index (χ4n) is 5.67. The van der Waals surface area contributed by atoms with Crippen LogP contribution in [0.4, 0.5) is 4.79 Å². The van der Waals surface area contributed by atoms with Gasteiger partial charge in [-0.25, -0.2) is 9.59 Å². The predicted octanol–water partition coefficient (Wildman–Crippen LogP) is 2.74. The monoisotopic (exact) mass is 464 g/mol. The average molecular weight is 465 g/mol. The standard InChI is InChI=1S/C26H28N2O6/c29-17-12-23(25(31)32)28(13-17)24(30)15-9-10-16(11-15)27-26(33)34-14-22-20-7-3-1-5-18(20)19-6-2-4-8-21(19)22/h1-8,15-17,22-23,29H,9-14H2,(H,27,33)(H,31,32)/t15?,16?,17-,23+/m1/s1. The lowest BCUT2D eigenvalue weighted by atomic mass is 9.98. The molecule has 2 aliphatic carbocycles. The summed E-state index contributed by atoms with van der Waals surface area (Å²) in [6.07, 6.45) is 0.332.